The highest BCUT2D eigenvalue weighted by Crippen LogP contribution is 2.44. The molecule has 2 rings (SSSR count). The Morgan fingerprint density at radius 2 is 1.74 bits per heavy atom. The molecule has 23 heavy (non-hydrogen) atoms. The van der Waals surface area contributed by atoms with E-state index in [1.165, 1.54) is 37.3 Å². The van der Waals surface area contributed by atoms with Crippen LogP contribution in [0.1, 0.15) is 18.1 Å². The van der Waals surface area contributed by atoms with Gasteiger partial charge in [0, 0.05) is 6.61 Å². The number of rotatable bonds is 5. The predicted molar refractivity (Wildman–Crippen MR) is 82.0 cm³/mol. The number of aliphatic hydroxyl groups excluding tert-OH is 1. The van der Waals surface area contributed by atoms with Crippen molar-refractivity contribution in [3.8, 4) is 0 Å². The molecular weight excluding hydrogens is 300 g/mol. The van der Waals surface area contributed by atoms with Gasteiger partial charge in [0.25, 0.3) is 0 Å². The van der Waals surface area contributed by atoms with Crippen molar-refractivity contribution in [1.29, 1.82) is 0 Å². The summed E-state index contributed by atoms with van der Waals surface area (Å²) in [5.74, 6) is -2.72. The molecule has 2 atom stereocenters. The molecule has 6 nitrogen and oxygen atoms in total. The van der Waals surface area contributed by atoms with E-state index in [-0.39, 0.29) is 17.7 Å². The fourth-order valence-corrected chi connectivity index (χ4v) is 2.95. The normalized spacial score (nSPS) is 26.7. The Kier molecular flexibility index (Phi) is 4.40. The lowest BCUT2D eigenvalue weighted by Gasteiger charge is -2.42. The van der Waals surface area contributed by atoms with Crippen LogP contribution in [0.3, 0.4) is 0 Å². The maximum atomic E-state index is 12.0. The van der Waals surface area contributed by atoms with Crippen LogP contribution in [-0.4, -0.2) is 44.6 Å². The third-order valence-corrected chi connectivity index (χ3v) is 4.28. The molecule has 1 aliphatic carbocycles. The van der Waals surface area contributed by atoms with Crippen molar-refractivity contribution in [2.45, 2.75) is 24.4 Å². The zero-order valence-electron chi connectivity index (χ0n) is 12.6. The van der Waals surface area contributed by atoms with E-state index < -0.39 is 23.0 Å². The maximum Gasteiger partial charge on any atom is 0.334 e. The van der Waals surface area contributed by atoms with Crippen molar-refractivity contribution < 1.29 is 30.0 Å². The molecule has 0 radical (unpaired) electrons. The topological polar surface area (TPSA) is 115 Å². The molecular formula is C17H18O6. The van der Waals surface area contributed by atoms with Gasteiger partial charge in [-0.1, -0.05) is 36.4 Å². The van der Waals surface area contributed by atoms with E-state index in [0.29, 0.717) is 6.42 Å². The minimum atomic E-state index is -2.13. The number of carbonyl (C=O) groups is 2. The Labute approximate surface area is 133 Å². The number of allylic oxidation sites excluding steroid dienone is 2. The lowest BCUT2D eigenvalue weighted by Crippen LogP contribution is -2.57. The van der Waals surface area contributed by atoms with Crippen LogP contribution in [0.2, 0.25) is 0 Å². The molecule has 0 saturated carbocycles. The maximum absolute atomic E-state index is 12.0. The highest BCUT2D eigenvalue weighted by Gasteiger charge is 2.57. The van der Waals surface area contributed by atoms with Gasteiger partial charge in [0.15, 0.2) is 0 Å². The average Bonchev–Trinajstić information content (AvgIpc) is 2.47. The van der Waals surface area contributed by atoms with E-state index in [2.05, 4.69) is 0 Å². The van der Waals surface area contributed by atoms with Crippen LogP contribution in [0.15, 0.2) is 48.1 Å². The summed E-state index contributed by atoms with van der Waals surface area (Å²) in [6.45, 7) is 1.15. The Balaban J connectivity index is 2.61. The number of benzene rings is 1. The van der Waals surface area contributed by atoms with Crippen molar-refractivity contribution in [2.75, 3.05) is 6.61 Å². The number of carboxylic acids is 2. The van der Waals surface area contributed by atoms with E-state index in [1.54, 1.807) is 12.1 Å². The van der Waals surface area contributed by atoms with E-state index in [1.807, 2.05) is 0 Å². The second-order valence-electron chi connectivity index (χ2n) is 5.60. The van der Waals surface area contributed by atoms with E-state index in [4.69, 9.17) is 5.11 Å². The van der Waals surface area contributed by atoms with Crippen molar-refractivity contribution in [3.63, 3.8) is 0 Å². The lowest BCUT2D eigenvalue weighted by molar-refractivity contribution is -0.151. The van der Waals surface area contributed by atoms with E-state index in [9.17, 15) is 24.9 Å². The van der Waals surface area contributed by atoms with Gasteiger partial charge in [-0.15, -0.1) is 0 Å². The highest BCUT2D eigenvalue weighted by molar-refractivity contribution is 5.96. The number of aliphatic hydroxyl groups is 2. The quantitative estimate of drug-likeness (QED) is 0.640. The van der Waals surface area contributed by atoms with Crippen LogP contribution in [0.25, 0.3) is 0 Å². The third kappa shape index (κ3) is 2.56. The Morgan fingerprint density at radius 1 is 1.13 bits per heavy atom. The summed E-state index contributed by atoms with van der Waals surface area (Å²) in [6.07, 6.45) is 4.25. The number of hydrogen-bond acceptors (Lipinski definition) is 4. The molecule has 6 heteroatoms. The fourth-order valence-electron chi connectivity index (χ4n) is 2.95. The van der Waals surface area contributed by atoms with Gasteiger partial charge in [-0.3, -0.25) is 4.79 Å². The largest absolute Gasteiger partial charge is 0.480 e. The second kappa shape index (κ2) is 5.98. The van der Waals surface area contributed by atoms with Gasteiger partial charge in [-0.25, -0.2) is 4.79 Å². The van der Waals surface area contributed by atoms with Crippen molar-refractivity contribution in [2.24, 2.45) is 0 Å². The van der Waals surface area contributed by atoms with Crippen LogP contribution < -0.4 is 0 Å². The number of carboxylic acid groups (broad SMARTS) is 2. The third-order valence-electron chi connectivity index (χ3n) is 4.28. The average molecular weight is 318 g/mol. The molecule has 0 fully saturated rings. The first-order valence-electron chi connectivity index (χ1n) is 7.06. The first kappa shape index (κ1) is 16.9. The summed E-state index contributed by atoms with van der Waals surface area (Å²) in [5, 5.41) is 38.8. The molecule has 0 bridgehead atoms. The standard InChI is InChI=1S/C17H18O6/c1-16(23)13(14(19)20)3-2-9-17(16,15(21)22)12-6-4-11(5-7-12)8-10-18/h2-7,9,18,23H,8,10H2,1H3,(H,19,20)(H,21,22). The molecule has 0 spiro atoms. The van der Waals surface area contributed by atoms with Crippen molar-refractivity contribution in [1.82, 2.24) is 0 Å². The van der Waals surface area contributed by atoms with Crippen LogP contribution in [0, 0.1) is 0 Å². The Hall–Kier alpha value is -2.44. The summed E-state index contributed by atoms with van der Waals surface area (Å²) in [6, 6.07) is 6.36. The molecule has 122 valence electrons. The van der Waals surface area contributed by atoms with Gasteiger partial charge in [-0.05, 0) is 30.5 Å². The Morgan fingerprint density at radius 3 is 2.22 bits per heavy atom. The molecule has 0 aromatic heterocycles. The Bertz CT molecular complexity index is 684. The summed E-state index contributed by atoms with van der Waals surface area (Å²) in [5.41, 5.74) is -3.35. The molecule has 0 aliphatic heterocycles. The van der Waals surface area contributed by atoms with Gasteiger partial charge in [0.2, 0.25) is 0 Å². The second-order valence-corrected chi connectivity index (χ2v) is 5.60. The molecule has 0 saturated heterocycles. The summed E-state index contributed by atoms with van der Waals surface area (Å²) in [4.78, 5) is 23.4. The summed E-state index contributed by atoms with van der Waals surface area (Å²) >= 11 is 0. The summed E-state index contributed by atoms with van der Waals surface area (Å²) in [7, 11) is 0. The van der Waals surface area contributed by atoms with Gasteiger partial charge in [0.1, 0.15) is 11.0 Å². The number of hydrogen-bond donors (Lipinski definition) is 4. The van der Waals surface area contributed by atoms with Crippen molar-refractivity contribution in [3.05, 3.63) is 59.2 Å². The van der Waals surface area contributed by atoms with Gasteiger partial charge < -0.3 is 20.4 Å². The van der Waals surface area contributed by atoms with Crippen LogP contribution in [0.5, 0.6) is 0 Å². The minimum absolute atomic E-state index is 0.0348. The minimum Gasteiger partial charge on any atom is -0.480 e. The molecule has 2 unspecified atom stereocenters. The SMILES string of the molecule is CC1(O)C(C(=O)O)=CC=CC1(C(=O)O)c1ccc(CCO)cc1. The molecule has 4 N–H and O–H groups in total. The van der Waals surface area contributed by atoms with Crippen LogP contribution >= 0.6 is 0 Å². The first-order chi connectivity index (χ1) is 10.8. The zero-order chi connectivity index (χ0) is 17.3. The van der Waals surface area contributed by atoms with Gasteiger partial charge in [0.05, 0.1) is 5.57 Å². The molecule has 0 heterocycles. The predicted octanol–water partition coefficient (Wildman–Crippen LogP) is 0.876. The van der Waals surface area contributed by atoms with Crippen LogP contribution in [0.4, 0.5) is 0 Å². The fraction of sp³-hybridized carbons (Fsp3) is 0.294. The zero-order valence-corrected chi connectivity index (χ0v) is 12.6. The van der Waals surface area contributed by atoms with E-state index >= 15 is 0 Å². The molecule has 1 aliphatic rings. The molecule has 0 amide bonds. The smallest absolute Gasteiger partial charge is 0.334 e. The van der Waals surface area contributed by atoms with E-state index in [0.717, 1.165) is 5.56 Å². The van der Waals surface area contributed by atoms with Gasteiger partial charge in [-0.2, -0.15) is 0 Å². The molecule has 1 aromatic rings. The molecule has 1 aromatic carbocycles. The number of aliphatic carboxylic acids is 2. The monoisotopic (exact) mass is 318 g/mol. The lowest BCUT2D eigenvalue weighted by atomic mass is 9.62. The van der Waals surface area contributed by atoms with Gasteiger partial charge >= 0.3 is 11.9 Å². The van der Waals surface area contributed by atoms with Crippen molar-refractivity contribution >= 4 is 11.9 Å². The summed E-state index contributed by atoms with van der Waals surface area (Å²) < 4.78 is 0. The van der Waals surface area contributed by atoms with Crippen LogP contribution in [-0.2, 0) is 21.4 Å². The first-order valence-corrected chi connectivity index (χ1v) is 7.06. The highest BCUT2D eigenvalue weighted by atomic mass is 16.4.